The highest BCUT2D eigenvalue weighted by Crippen LogP contribution is 2.29. The van der Waals surface area contributed by atoms with E-state index in [-0.39, 0.29) is 0 Å². The third kappa shape index (κ3) is 3.77. The molecule has 0 aliphatic heterocycles. The number of aryl methyl sites for hydroxylation is 1. The zero-order valence-electron chi connectivity index (χ0n) is 12.4. The standard InChI is InChI=1S/C18H22O2/c1-14(9-10-15-7-5-4-6-8-15)16-11-17(19-2)13-18(12-16)20-3/h4-8,11-14H,9-10H2,1-3H3. The Bertz CT molecular complexity index is 512. The summed E-state index contributed by atoms with van der Waals surface area (Å²) in [5.74, 6) is 2.18. The van der Waals surface area contributed by atoms with Crippen molar-refractivity contribution in [3.63, 3.8) is 0 Å². The molecule has 0 aliphatic rings. The Labute approximate surface area is 121 Å². The molecule has 0 aromatic heterocycles. The molecule has 0 radical (unpaired) electrons. The summed E-state index contributed by atoms with van der Waals surface area (Å²) >= 11 is 0. The van der Waals surface area contributed by atoms with Crippen LogP contribution in [0.25, 0.3) is 0 Å². The largest absolute Gasteiger partial charge is 0.497 e. The predicted octanol–water partition coefficient (Wildman–Crippen LogP) is 4.44. The molecule has 1 unspecified atom stereocenters. The van der Waals surface area contributed by atoms with Crippen LogP contribution in [0, 0.1) is 0 Å². The van der Waals surface area contributed by atoms with Gasteiger partial charge in [0.1, 0.15) is 11.5 Å². The van der Waals surface area contributed by atoms with Gasteiger partial charge >= 0.3 is 0 Å². The molecule has 0 aliphatic carbocycles. The van der Waals surface area contributed by atoms with Crippen molar-refractivity contribution in [3.05, 3.63) is 59.7 Å². The van der Waals surface area contributed by atoms with Crippen molar-refractivity contribution in [1.82, 2.24) is 0 Å². The van der Waals surface area contributed by atoms with Crippen LogP contribution in [0.15, 0.2) is 48.5 Å². The third-order valence-electron chi connectivity index (χ3n) is 3.65. The highest BCUT2D eigenvalue weighted by molar-refractivity contribution is 5.39. The first-order valence-electron chi connectivity index (χ1n) is 7.00. The van der Waals surface area contributed by atoms with Gasteiger partial charge in [-0.25, -0.2) is 0 Å². The molecule has 2 aromatic rings. The molecule has 1 atom stereocenters. The Morgan fingerprint density at radius 3 is 2.05 bits per heavy atom. The number of rotatable bonds is 6. The van der Waals surface area contributed by atoms with Crippen molar-refractivity contribution in [3.8, 4) is 11.5 Å². The van der Waals surface area contributed by atoms with Gasteiger partial charge in [-0.2, -0.15) is 0 Å². The number of hydrogen-bond donors (Lipinski definition) is 0. The lowest BCUT2D eigenvalue weighted by Gasteiger charge is -2.15. The monoisotopic (exact) mass is 270 g/mol. The summed E-state index contributed by atoms with van der Waals surface area (Å²) in [4.78, 5) is 0. The van der Waals surface area contributed by atoms with E-state index in [0.29, 0.717) is 5.92 Å². The van der Waals surface area contributed by atoms with Crippen molar-refractivity contribution in [2.75, 3.05) is 14.2 Å². The van der Waals surface area contributed by atoms with Gasteiger partial charge in [-0.3, -0.25) is 0 Å². The average molecular weight is 270 g/mol. The zero-order chi connectivity index (χ0) is 14.4. The Kier molecular flexibility index (Phi) is 5.05. The molecule has 2 rings (SSSR count). The van der Waals surface area contributed by atoms with Crippen molar-refractivity contribution >= 4 is 0 Å². The van der Waals surface area contributed by atoms with E-state index in [4.69, 9.17) is 9.47 Å². The third-order valence-corrected chi connectivity index (χ3v) is 3.65. The van der Waals surface area contributed by atoms with Gasteiger partial charge in [0.05, 0.1) is 14.2 Å². The van der Waals surface area contributed by atoms with E-state index >= 15 is 0 Å². The number of methoxy groups -OCH3 is 2. The number of benzene rings is 2. The Morgan fingerprint density at radius 1 is 0.900 bits per heavy atom. The summed E-state index contributed by atoms with van der Waals surface area (Å²) in [7, 11) is 3.38. The molecule has 2 aromatic carbocycles. The maximum Gasteiger partial charge on any atom is 0.122 e. The molecule has 0 fully saturated rings. The van der Waals surface area contributed by atoms with Crippen LogP contribution in [-0.4, -0.2) is 14.2 Å². The molecule has 2 nitrogen and oxygen atoms in total. The average Bonchev–Trinajstić information content (AvgIpc) is 2.52. The second-order valence-electron chi connectivity index (χ2n) is 5.07. The highest BCUT2D eigenvalue weighted by atomic mass is 16.5. The lowest BCUT2D eigenvalue weighted by Crippen LogP contribution is -1.98. The first kappa shape index (κ1) is 14.4. The Hall–Kier alpha value is -1.96. The first-order valence-corrected chi connectivity index (χ1v) is 7.00. The molecular formula is C18H22O2. The van der Waals surface area contributed by atoms with Crippen molar-refractivity contribution in [1.29, 1.82) is 0 Å². The lowest BCUT2D eigenvalue weighted by molar-refractivity contribution is 0.392. The summed E-state index contributed by atoms with van der Waals surface area (Å²) in [5.41, 5.74) is 2.64. The van der Waals surface area contributed by atoms with Gasteiger partial charge < -0.3 is 9.47 Å². The van der Waals surface area contributed by atoms with E-state index in [0.717, 1.165) is 24.3 Å². The molecule has 0 saturated carbocycles. The minimum absolute atomic E-state index is 0.471. The summed E-state index contributed by atoms with van der Waals surface area (Å²) in [6.07, 6.45) is 2.20. The van der Waals surface area contributed by atoms with E-state index in [1.54, 1.807) is 14.2 Å². The summed E-state index contributed by atoms with van der Waals surface area (Å²) in [6.45, 7) is 2.25. The molecule has 106 valence electrons. The van der Waals surface area contributed by atoms with Gasteiger partial charge in [-0.15, -0.1) is 0 Å². The second kappa shape index (κ2) is 6.99. The SMILES string of the molecule is COc1cc(OC)cc(C(C)CCc2ccccc2)c1. The van der Waals surface area contributed by atoms with Crippen LogP contribution < -0.4 is 9.47 Å². The topological polar surface area (TPSA) is 18.5 Å². The Balaban J connectivity index is 2.06. The van der Waals surface area contributed by atoms with Crippen molar-refractivity contribution in [2.24, 2.45) is 0 Å². The van der Waals surface area contributed by atoms with E-state index in [1.807, 2.05) is 6.07 Å². The van der Waals surface area contributed by atoms with Crippen LogP contribution in [0.1, 0.15) is 30.4 Å². The molecule has 20 heavy (non-hydrogen) atoms. The maximum absolute atomic E-state index is 5.33. The van der Waals surface area contributed by atoms with Gasteiger partial charge in [-0.1, -0.05) is 37.3 Å². The molecule has 0 spiro atoms. The number of ether oxygens (including phenoxy) is 2. The van der Waals surface area contributed by atoms with Crippen LogP contribution in [0.3, 0.4) is 0 Å². The zero-order valence-corrected chi connectivity index (χ0v) is 12.4. The minimum atomic E-state index is 0.471. The smallest absolute Gasteiger partial charge is 0.122 e. The molecule has 0 bridgehead atoms. The predicted molar refractivity (Wildman–Crippen MR) is 82.7 cm³/mol. The van der Waals surface area contributed by atoms with E-state index in [2.05, 4.69) is 49.4 Å². The molecule has 0 heterocycles. The summed E-state index contributed by atoms with van der Waals surface area (Å²) in [6, 6.07) is 16.7. The van der Waals surface area contributed by atoms with E-state index in [9.17, 15) is 0 Å². The molecule has 0 N–H and O–H groups in total. The van der Waals surface area contributed by atoms with Crippen LogP contribution >= 0.6 is 0 Å². The Morgan fingerprint density at radius 2 is 1.50 bits per heavy atom. The fourth-order valence-electron chi connectivity index (χ4n) is 2.31. The van der Waals surface area contributed by atoms with Gasteiger partial charge in [0.2, 0.25) is 0 Å². The second-order valence-corrected chi connectivity index (χ2v) is 5.07. The molecule has 0 saturated heterocycles. The molecule has 0 amide bonds. The minimum Gasteiger partial charge on any atom is -0.497 e. The summed E-state index contributed by atoms with van der Waals surface area (Å²) in [5, 5.41) is 0. The number of hydrogen-bond acceptors (Lipinski definition) is 2. The van der Waals surface area contributed by atoms with Gasteiger partial charge in [-0.05, 0) is 42.0 Å². The van der Waals surface area contributed by atoms with Crippen LogP contribution in [0.4, 0.5) is 0 Å². The van der Waals surface area contributed by atoms with Crippen LogP contribution in [-0.2, 0) is 6.42 Å². The maximum atomic E-state index is 5.33. The van der Waals surface area contributed by atoms with Gasteiger partial charge in [0.25, 0.3) is 0 Å². The van der Waals surface area contributed by atoms with Gasteiger partial charge in [0.15, 0.2) is 0 Å². The fraction of sp³-hybridized carbons (Fsp3) is 0.333. The van der Waals surface area contributed by atoms with E-state index in [1.165, 1.54) is 11.1 Å². The fourth-order valence-corrected chi connectivity index (χ4v) is 2.31. The van der Waals surface area contributed by atoms with Crippen molar-refractivity contribution in [2.45, 2.75) is 25.7 Å². The first-order chi connectivity index (χ1) is 9.72. The normalized spacial score (nSPS) is 11.9. The van der Waals surface area contributed by atoms with E-state index < -0.39 is 0 Å². The molecular weight excluding hydrogens is 248 g/mol. The lowest BCUT2D eigenvalue weighted by atomic mass is 9.94. The van der Waals surface area contributed by atoms with Crippen LogP contribution in [0.2, 0.25) is 0 Å². The molecule has 2 heteroatoms. The van der Waals surface area contributed by atoms with Crippen molar-refractivity contribution < 1.29 is 9.47 Å². The van der Waals surface area contributed by atoms with Crippen LogP contribution in [0.5, 0.6) is 11.5 Å². The van der Waals surface area contributed by atoms with Gasteiger partial charge in [0, 0.05) is 6.07 Å². The highest BCUT2D eigenvalue weighted by Gasteiger charge is 2.09. The summed E-state index contributed by atoms with van der Waals surface area (Å²) < 4.78 is 10.7. The quantitative estimate of drug-likeness (QED) is 0.772.